The van der Waals surface area contributed by atoms with E-state index in [1.54, 1.807) is 32.0 Å². The summed E-state index contributed by atoms with van der Waals surface area (Å²) in [6.45, 7) is 5.67. The van der Waals surface area contributed by atoms with Gasteiger partial charge in [0.2, 0.25) is 0 Å². The van der Waals surface area contributed by atoms with Crippen molar-refractivity contribution >= 4 is 17.4 Å². The molecule has 1 N–H and O–H groups in total. The van der Waals surface area contributed by atoms with E-state index in [1.807, 2.05) is 49.4 Å². The fourth-order valence-electron chi connectivity index (χ4n) is 2.98. The number of aryl methyl sites for hydroxylation is 2. The highest BCUT2D eigenvalue weighted by molar-refractivity contribution is 6.02. The highest BCUT2D eigenvalue weighted by atomic mass is 16.5. The second-order valence-electron chi connectivity index (χ2n) is 6.46. The number of anilines is 1. The predicted molar refractivity (Wildman–Crippen MR) is 108 cm³/mol. The Morgan fingerprint density at radius 3 is 2.39 bits per heavy atom. The summed E-state index contributed by atoms with van der Waals surface area (Å²) in [5.74, 6) is 0.188. The van der Waals surface area contributed by atoms with Crippen LogP contribution in [-0.4, -0.2) is 18.4 Å². The zero-order chi connectivity index (χ0) is 20.1. The lowest BCUT2D eigenvalue weighted by molar-refractivity contribution is 0.0524. The Morgan fingerprint density at radius 1 is 1.04 bits per heavy atom. The van der Waals surface area contributed by atoms with Crippen molar-refractivity contribution in [3.05, 3.63) is 88.9 Å². The summed E-state index contributed by atoms with van der Waals surface area (Å²) in [4.78, 5) is 25.4. The molecule has 0 bridgehead atoms. The Labute approximate surface area is 164 Å². The standard InChI is InChI=1S/C23H23NO4/c1-4-27-23(26)18-14-20(28-16(18)3)21(22(25)17-11-6-5-7-12-17)24-19-13-9-8-10-15(19)2/h5-14,21,24H,4H2,1-3H3. The van der Waals surface area contributed by atoms with Crippen LogP contribution in [0.15, 0.2) is 65.1 Å². The zero-order valence-corrected chi connectivity index (χ0v) is 16.2. The highest BCUT2D eigenvalue weighted by Gasteiger charge is 2.28. The van der Waals surface area contributed by atoms with Crippen molar-refractivity contribution in [2.24, 2.45) is 0 Å². The second kappa shape index (κ2) is 8.57. The summed E-state index contributed by atoms with van der Waals surface area (Å²) in [5, 5.41) is 3.28. The average molecular weight is 377 g/mol. The maximum absolute atomic E-state index is 13.2. The number of furan rings is 1. The highest BCUT2D eigenvalue weighted by Crippen LogP contribution is 2.29. The van der Waals surface area contributed by atoms with Crippen LogP contribution in [-0.2, 0) is 4.74 Å². The first-order valence-corrected chi connectivity index (χ1v) is 9.20. The van der Waals surface area contributed by atoms with Gasteiger partial charge >= 0.3 is 5.97 Å². The molecule has 0 saturated heterocycles. The van der Waals surface area contributed by atoms with E-state index in [2.05, 4.69) is 5.32 Å². The van der Waals surface area contributed by atoms with E-state index >= 15 is 0 Å². The molecule has 0 radical (unpaired) electrons. The molecule has 1 atom stereocenters. The second-order valence-corrected chi connectivity index (χ2v) is 6.46. The fraction of sp³-hybridized carbons (Fsp3) is 0.217. The lowest BCUT2D eigenvalue weighted by Crippen LogP contribution is -2.21. The summed E-state index contributed by atoms with van der Waals surface area (Å²) in [5.41, 5.74) is 2.71. The molecule has 5 heteroatoms. The monoisotopic (exact) mass is 377 g/mol. The van der Waals surface area contributed by atoms with E-state index in [9.17, 15) is 9.59 Å². The molecule has 0 spiro atoms. The number of Topliss-reactive ketones (excluding diaryl/α,β-unsaturated/α-hetero) is 1. The molecule has 5 nitrogen and oxygen atoms in total. The summed E-state index contributed by atoms with van der Waals surface area (Å²) in [6.07, 6.45) is 0. The van der Waals surface area contributed by atoms with Crippen molar-refractivity contribution in [2.75, 3.05) is 11.9 Å². The predicted octanol–water partition coefficient (Wildman–Crippen LogP) is 5.11. The van der Waals surface area contributed by atoms with E-state index in [0.29, 0.717) is 22.6 Å². The van der Waals surface area contributed by atoms with Gasteiger partial charge < -0.3 is 14.5 Å². The van der Waals surface area contributed by atoms with Gasteiger partial charge in [-0.1, -0.05) is 48.5 Å². The molecule has 3 aromatic rings. The van der Waals surface area contributed by atoms with Crippen molar-refractivity contribution in [2.45, 2.75) is 26.8 Å². The molecule has 28 heavy (non-hydrogen) atoms. The van der Waals surface area contributed by atoms with Crippen molar-refractivity contribution < 1.29 is 18.7 Å². The SMILES string of the molecule is CCOC(=O)c1cc(C(Nc2ccccc2C)C(=O)c2ccccc2)oc1C. The Morgan fingerprint density at radius 2 is 1.71 bits per heavy atom. The van der Waals surface area contributed by atoms with Gasteiger partial charge in [0.25, 0.3) is 0 Å². The number of para-hydroxylation sites is 1. The molecular formula is C23H23NO4. The van der Waals surface area contributed by atoms with Crippen molar-refractivity contribution in [1.82, 2.24) is 0 Å². The summed E-state index contributed by atoms with van der Waals surface area (Å²) >= 11 is 0. The number of ketones is 1. The molecule has 0 saturated carbocycles. The van der Waals surface area contributed by atoms with Gasteiger partial charge in [-0.2, -0.15) is 0 Å². The van der Waals surface area contributed by atoms with Gasteiger partial charge in [0, 0.05) is 11.3 Å². The number of benzene rings is 2. The van der Waals surface area contributed by atoms with Crippen molar-refractivity contribution in [3.63, 3.8) is 0 Å². The third-order valence-electron chi connectivity index (χ3n) is 4.48. The third-order valence-corrected chi connectivity index (χ3v) is 4.48. The van der Waals surface area contributed by atoms with Gasteiger partial charge in [-0.3, -0.25) is 4.79 Å². The van der Waals surface area contributed by atoms with E-state index < -0.39 is 12.0 Å². The number of rotatable bonds is 7. The van der Waals surface area contributed by atoms with Crippen LogP contribution >= 0.6 is 0 Å². The van der Waals surface area contributed by atoms with E-state index in [0.717, 1.165) is 11.3 Å². The fourth-order valence-corrected chi connectivity index (χ4v) is 2.98. The lowest BCUT2D eigenvalue weighted by atomic mass is 10.0. The zero-order valence-electron chi connectivity index (χ0n) is 16.2. The Balaban J connectivity index is 2.01. The van der Waals surface area contributed by atoms with Gasteiger partial charge in [-0.15, -0.1) is 0 Å². The first-order valence-electron chi connectivity index (χ1n) is 9.20. The van der Waals surface area contributed by atoms with Crippen LogP contribution in [0.3, 0.4) is 0 Å². The lowest BCUT2D eigenvalue weighted by Gasteiger charge is -2.18. The number of hydrogen-bond acceptors (Lipinski definition) is 5. The molecule has 1 unspecified atom stereocenters. The van der Waals surface area contributed by atoms with Crippen LogP contribution < -0.4 is 5.32 Å². The van der Waals surface area contributed by atoms with Crippen molar-refractivity contribution in [3.8, 4) is 0 Å². The topological polar surface area (TPSA) is 68.5 Å². The number of hydrogen-bond donors (Lipinski definition) is 1. The molecule has 144 valence electrons. The molecule has 0 aliphatic carbocycles. The third kappa shape index (κ3) is 4.14. The molecule has 0 fully saturated rings. The summed E-state index contributed by atoms with van der Waals surface area (Å²) in [7, 11) is 0. The molecule has 1 aromatic heterocycles. The van der Waals surface area contributed by atoms with Crippen LogP contribution in [0.4, 0.5) is 5.69 Å². The molecule has 3 rings (SSSR count). The van der Waals surface area contributed by atoms with Crippen molar-refractivity contribution in [1.29, 1.82) is 0 Å². The van der Waals surface area contributed by atoms with Gasteiger partial charge in [0.05, 0.1) is 6.61 Å². The summed E-state index contributed by atoms with van der Waals surface area (Å²) < 4.78 is 10.9. The van der Waals surface area contributed by atoms with E-state index in [-0.39, 0.29) is 12.4 Å². The number of carbonyl (C=O) groups excluding carboxylic acids is 2. The van der Waals surface area contributed by atoms with E-state index in [1.165, 1.54) is 0 Å². The van der Waals surface area contributed by atoms with Crippen LogP contribution in [0.2, 0.25) is 0 Å². The maximum atomic E-state index is 13.2. The van der Waals surface area contributed by atoms with Gasteiger partial charge in [-0.25, -0.2) is 4.79 Å². The van der Waals surface area contributed by atoms with Crippen LogP contribution in [0.1, 0.15) is 50.8 Å². The van der Waals surface area contributed by atoms with Crippen LogP contribution in [0.5, 0.6) is 0 Å². The average Bonchev–Trinajstić information content (AvgIpc) is 3.09. The van der Waals surface area contributed by atoms with E-state index in [4.69, 9.17) is 9.15 Å². The molecule has 0 aliphatic heterocycles. The minimum Gasteiger partial charge on any atom is -0.463 e. The Kier molecular flexibility index (Phi) is 5.94. The van der Waals surface area contributed by atoms with Crippen LogP contribution in [0, 0.1) is 13.8 Å². The van der Waals surface area contributed by atoms with Gasteiger partial charge in [0.1, 0.15) is 23.1 Å². The first kappa shape index (κ1) is 19.4. The number of nitrogens with one attached hydrogen (secondary N) is 1. The largest absolute Gasteiger partial charge is 0.463 e. The van der Waals surface area contributed by atoms with Gasteiger partial charge in [0.15, 0.2) is 5.78 Å². The quantitative estimate of drug-likeness (QED) is 0.458. The summed E-state index contributed by atoms with van der Waals surface area (Å²) in [6, 6.07) is 17.5. The van der Waals surface area contributed by atoms with Gasteiger partial charge in [-0.05, 0) is 38.5 Å². The minimum absolute atomic E-state index is 0.145. The minimum atomic E-state index is -0.773. The number of esters is 1. The Hall–Kier alpha value is -3.34. The number of ether oxygens (including phenoxy) is 1. The molecular weight excluding hydrogens is 354 g/mol. The molecule has 1 heterocycles. The molecule has 0 aliphatic rings. The number of carbonyl (C=O) groups is 2. The first-order chi connectivity index (χ1) is 13.5. The Bertz CT molecular complexity index is 975. The maximum Gasteiger partial charge on any atom is 0.341 e. The smallest absolute Gasteiger partial charge is 0.341 e. The normalized spacial score (nSPS) is 11.7. The molecule has 2 aromatic carbocycles. The van der Waals surface area contributed by atoms with Crippen LogP contribution in [0.25, 0.3) is 0 Å². The molecule has 0 amide bonds.